The second-order valence-electron chi connectivity index (χ2n) is 6.02. The highest BCUT2D eigenvalue weighted by Crippen LogP contribution is 2.25. The molecule has 6 heteroatoms. The molecule has 0 saturated heterocycles. The molecule has 0 fully saturated rings. The van der Waals surface area contributed by atoms with Crippen LogP contribution in [0.15, 0.2) is 6.33 Å². The van der Waals surface area contributed by atoms with Gasteiger partial charge < -0.3 is 10.4 Å². The zero-order valence-corrected chi connectivity index (χ0v) is 12.4. The van der Waals surface area contributed by atoms with Crippen molar-refractivity contribution in [1.29, 1.82) is 0 Å². The second-order valence-corrected chi connectivity index (χ2v) is 6.02. The second kappa shape index (κ2) is 6.63. The van der Waals surface area contributed by atoms with Crippen LogP contribution in [0.4, 0.5) is 10.2 Å². The predicted octanol–water partition coefficient (Wildman–Crippen LogP) is 2.73. The topological polar surface area (TPSA) is 75.1 Å². The van der Waals surface area contributed by atoms with Crippen molar-refractivity contribution in [3.05, 3.63) is 17.8 Å². The fourth-order valence-electron chi connectivity index (χ4n) is 1.98. The number of nitrogens with one attached hydrogen (secondary N) is 1. The summed E-state index contributed by atoms with van der Waals surface area (Å²) in [5, 5.41) is 12.0. The van der Waals surface area contributed by atoms with Crippen LogP contribution < -0.4 is 5.32 Å². The lowest BCUT2D eigenvalue weighted by atomic mass is 9.84. The molecule has 1 aromatic heterocycles. The fraction of sp³-hybridized carbons (Fsp3) is 0.643. The van der Waals surface area contributed by atoms with E-state index in [4.69, 9.17) is 0 Å². The lowest BCUT2D eigenvalue weighted by molar-refractivity contribution is -0.142. The normalized spacial score (nSPS) is 13.1. The largest absolute Gasteiger partial charge is 0.481 e. The van der Waals surface area contributed by atoms with Crippen LogP contribution in [0.1, 0.15) is 39.8 Å². The van der Waals surface area contributed by atoms with Crippen LogP contribution in [0.25, 0.3) is 0 Å². The van der Waals surface area contributed by atoms with Gasteiger partial charge in [-0.1, -0.05) is 27.7 Å². The van der Waals surface area contributed by atoms with Crippen molar-refractivity contribution in [2.24, 2.45) is 11.3 Å². The lowest BCUT2D eigenvalue weighted by Crippen LogP contribution is -2.28. The minimum absolute atomic E-state index is 0.0667. The highest BCUT2D eigenvalue weighted by atomic mass is 19.1. The van der Waals surface area contributed by atoms with Gasteiger partial charge in [0.25, 0.3) is 0 Å². The zero-order chi connectivity index (χ0) is 15.3. The predicted molar refractivity (Wildman–Crippen MR) is 75.1 cm³/mol. The van der Waals surface area contributed by atoms with E-state index >= 15 is 0 Å². The number of aliphatic carboxylic acids is 1. The van der Waals surface area contributed by atoms with Crippen LogP contribution in [-0.2, 0) is 11.2 Å². The van der Waals surface area contributed by atoms with Crippen LogP contribution in [0.3, 0.4) is 0 Å². The Morgan fingerprint density at radius 3 is 2.60 bits per heavy atom. The third-order valence-corrected chi connectivity index (χ3v) is 2.92. The molecule has 1 aromatic rings. The van der Waals surface area contributed by atoms with Crippen LogP contribution in [-0.4, -0.2) is 27.6 Å². The number of carboxylic acids is 1. The van der Waals surface area contributed by atoms with Crippen molar-refractivity contribution < 1.29 is 14.3 Å². The number of carboxylic acid groups (broad SMARTS) is 1. The van der Waals surface area contributed by atoms with Gasteiger partial charge >= 0.3 is 5.97 Å². The minimum atomic E-state index is -0.891. The van der Waals surface area contributed by atoms with Gasteiger partial charge in [-0.25, -0.2) is 14.4 Å². The molecule has 0 spiro atoms. The highest BCUT2D eigenvalue weighted by molar-refractivity contribution is 5.70. The van der Waals surface area contributed by atoms with E-state index < -0.39 is 17.7 Å². The number of aryl methyl sites for hydroxylation is 1. The number of anilines is 1. The number of hydrogen-bond donors (Lipinski definition) is 2. The Bertz CT molecular complexity index is 472. The first kappa shape index (κ1) is 16.3. The SMILES string of the molecule is CCc1ncnc(NCC(CC(C)(C)C)C(=O)O)c1F. The summed E-state index contributed by atoms with van der Waals surface area (Å²) in [4.78, 5) is 18.9. The summed E-state index contributed by atoms with van der Waals surface area (Å²) in [7, 11) is 0. The molecule has 0 radical (unpaired) electrons. The average molecular weight is 283 g/mol. The Kier molecular flexibility index (Phi) is 5.42. The van der Waals surface area contributed by atoms with Gasteiger partial charge in [0.2, 0.25) is 0 Å². The van der Waals surface area contributed by atoms with Gasteiger partial charge in [0.15, 0.2) is 11.6 Å². The summed E-state index contributed by atoms with van der Waals surface area (Å²) in [6.45, 7) is 7.87. The maximum atomic E-state index is 13.9. The Hall–Kier alpha value is -1.72. The van der Waals surface area contributed by atoms with Crippen molar-refractivity contribution in [3.8, 4) is 0 Å². The summed E-state index contributed by atoms with van der Waals surface area (Å²) in [5.74, 6) is -1.92. The van der Waals surface area contributed by atoms with E-state index in [1.165, 1.54) is 6.33 Å². The van der Waals surface area contributed by atoms with E-state index in [2.05, 4.69) is 15.3 Å². The number of halogens is 1. The summed E-state index contributed by atoms with van der Waals surface area (Å²) >= 11 is 0. The van der Waals surface area contributed by atoms with E-state index in [0.717, 1.165) is 0 Å². The Labute approximate surface area is 118 Å². The minimum Gasteiger partial charge on any atom is -0.481 e. The summed E-state index contributed by atoms with van der Waals surface area (Å²) in [5.41, 5.74) is 0.217. The first-order valence-corrected chi connectivity index (χ1v) is 6.70. The number of hydrogen-bond acceptors (Lipinski definition) is 4. The van der Waals surface area contributed by atoms with Crippen molar-refractivity contribution in [1.82, 2.24) is 9.97 Å². The van der Waals surface area contributed by atoms with Crippen LogP contribution in [0.2, 0.25) is 0 Å². The smallest absolute Gasteiger partial charge is 0.308 e. The fourth-order valence-corrected chi connectivity index (χ4v) is 1.98. The van der Waals surface area contributed by atoms with E-state index in [-0.39, 0.29) is 17.8 Å². The molecular weight excluding hydrogens is 261 g/mol. The monoisotopic (exact) mass is 283 g/mol. The number of nitrogens with zero attached hydrogens (tertiary/aromatic N) is 2. The third kappa shape index (κ3) is 4.75. The summed E-state index contributed by atoms with van der Waals surface area (Å²) in [6, 6.07) is 0. The van der Waals surface area contributed by atoms with Gasteiger partial charge in [-0.2, -0.15) is 0 Å². The third-order valence-electron chi connectivity index (χ3n) is 2.92. The van der Waals surface area contributed by atoms with Gasteiger partial charge in [-0.3, -0.25) is 4.79 Å². The maximum absolute atomic E-state index is 13.9. The van der Waals surface area contributed by atoms with Crippen LogP contribution in [0.5, 0.6) is 0 Å². The van der Waals surface area contributed by atoms with Gasteiger partial charge in [-0.05, 0) is 18.3 Å². The van der Waals surface area contributed by atoms with E-state index in [9.17, 15) is 14.3 Å². The van der Waals surface area contributed by atoms with E-state index in [0.29, 0.717) is 18.5 Å². The number of carbonyl (C=O) groups is 1. The van der Waals surface area contributed by atoms with Gasteiger partial charge in [0.05, 0.1) is 11.6 Å². The van der Waals surface area contributed by atoms with Crippen LogP contribution >= 0.6 is 0 Å². The quantitative estimate of drug-likeness (QED) is 0.839. The molecule has 1 rings (SSSR count). The molecule has 0 bridgehead atoms. The molecule has 0 saturated carbocycles. The maximum Gasteiger partial charge on any atom is 0.308 e. The molecule has 0 amide bonds. The molecule has 1 atom stereocenters. The molecule has 1 unspecified atom stereocenters. The number of rotatable bonds is 6. The molecule has 0 aliphatic rings. The molecule has 0 aliphatic heterocycles. The van der Waals surface area contributed by atoms with Crippen LogP contribution in [0, 0.1) is 17.2 Å². The first-order chi connectivity index (χ1) is 9.24. The average Bonchev–Trinajstić information content (AvgIpc) is 2.34. The molecule has 112 valence electrons. The molecular formula is C14H22FN3O2. The van der Waals surface area contributed by atoms with E-state index in [1.54, 1.807) is 6.92 Å². The molecule has 0 aromatic carbocycles. The Balaban J connectivity index is 2.76. The van der Waals surface area contributed by atoms with Crippen molar-refractivity contribution in [3.63, 3.8) is 0 Å². The van der Waals surface area contributed by atoms with Crippen molar-refractivity contribution >= 4 is 11.8 Å². The molecule has 5 nitrogen and oxygen atoms in total. The molecule has 0 aliphatic carbocycles. The highest BCUT2D eigenvalue weighted by Gasteiger charge is 2.25. The molecule has 1 heterocycles. The van der Waals surface area contributed by atoms with E-state index in [1.807, 2.05) is 20.8 Å². The van der Waals surface area contributed by atoms with Crippen molar-refractivity contribution in [2.75, 3.05) is 11.9 Å². The Morgan fingerprint density at radius 1 is 1.45 bits per heavy atom. The Morgan fingerprint density at radius 2 is 2.10 bits per heavy atom. The van der Waals surface area contributed by atoms with Gasteiger partial charge in [0, 0.05) is 6.54 Å². The number of aromatic nitrogens is 2. The standard InChI is InChI=1S/C14H22FN3O2/c1-5-10-11(15)12(18-8-17-10)16-7-9(13(19)20)6-14(2,3)4/h8-9H,5-7H2,1-4H3,(H,19,20)(H,16,17,18). The molecule has 2 N–H and O–H groups in total. The lowest BCUT2D eigenvalue weighted by Gasteiger charge is -2.23. The molecule has 20 heavy (non-hydrogen) atoms. The van der Waals surface area contributed by atoms with Gasteiger partial charge in [-0.15, -0.1) is 0 Å². The van der Waals surface area contributed by atoms with Gasteiger partial charge in [0.1, 0.15) is 6.33 Å². The summed E-state index contributed by atoms with van der Waals surface area (Å²) < 4.78 is 13.9. The first-order valence-electron chi connectivity index (χ1n) is 6.70. The van der Waals surface area contributed by atoms with Crippen molar-refractivity contribution in [2.45, 2.75) is 40.5 Å². The zero-order valence-electron chi connectivity index (χ0n) is 12.4. The summed E-state index contributed by atoms with van der Waals surface area (Å²) in [6.07, 6.45) is 2.25.